The second-order valence-corrected chi connectivity index (χ2v) is 2.71. The summed E-state index contributed by atoms with van der Waals surface area (Å²) in [5.74, 6) is -0.1000. The molecule has 0 aromatic carbocycles. The van der Waals surface area contributed by atoms with Crippen LogP contribution in [-0.4, -0.2) is 29.1 Å². The SMILES string of the molecule is CSCCC(N)C(=O)O.[Mn]. The molecule has 0 bridgehead atoms. The van der Waals surface area contributed by atoms with E-state index in [0.29, 0.717) is 6.42 Å². The van der Waals surface area contributed by atoms with Gasteiger partial charge in [0, 0.05) is 17.1 Å². The minimum atomic E-state index is -0.913. The third kappa shape index (κ3) is 6.42. The molecule has 0 amide bonds. The number of rotatable bonds is 4. The van der Waals surface area contributed by atoms with Gasteiger partial charge in [-0.25, -0.2) is 0 Å². The second-order valence-electron chi connectivity index (χ2n) is 1.73. The van der Waals surface area contributed by atoms with Gasteiger partial charge in [-0.2, -0.15) is 11.8 Å². The van der Waals surface area contributed by atoms with Crippen molar-refractivity contribution in [1.82, 2.24) is 0 Å². The first-order valence-electron chi connectivity index (χ1n) is 2.65. The van der Waals surface area contributed by atoms with Crippen molar-refractivity contribution in [2.45, 2.75) is 12.5 Å². The molecule has 0 spiro atoms. The number of aliphatic carboxylic acids is 1. The fourth-order valence-electron chi connectivity index (χ4n) is 0.368. The molecule has 0 aromatic heterocycles. The standard InChI is InChI=1S/C5H11NO2S.Mn/c1-9-3-2-4(6)5(7)8;/h4H,2-3,6H2,1H3,(H,7,8);. The van der Waals surface area contributed by atoms with Gasteiger partial charge in [0.15, 0.2) is 0 Å². The molecule has 0 aliphatic heterocycles. The fraction of sp³-hybridized carbons (Fsp3) is 0.800. The van der Waals surface area contributed by atoms with Crippen LogP contribution >= 0.6 is 11.8 Å². The van der Waals surface area contributed by atoms with E-state index in [1.807, 2.05) is 6.26 Å². The van der Waals surface area contributed by atoms with E-state index in [4.69, 9.17) is 10.8 Å². The molecule has 1 radical (unpaired) electrons. The zero-order valence-electron chi connectivity index (χ0n) is 5.71. The van der Waals surface area contributed by atoms with Crippen LogP contribution in [0.1, 0.15) is 6.42 Å². The molecular formula is C5H11MnNO2S. The Labute approximate surface area is 75.2 Å². The predicted molar refractivity (Wildman–Crippen MR) is 38.6 cm³/mol. The number of hydrogen-bond acceptors (Lipinski definition) is 3. The Bertz CT molecular complexity index is 102. The Hall–Kier alpha value is 0.299. The number of nitrogens with two attached hydrogens (primary N) is 1. The molecule has 0 heterocycles. The van der Waals surface area contributed by atoms with E-state index in [-0.39, 0.29) is 17.1 Å². The topological polar surface area (TPSA) is 63.3 Å². The monoisotopic (exact) mass is 204 g/mol. The Kier molecular flexibility index (Phi) is 9.58. The van der Waals surface area contributed by atoms with E-state index >= 15 is 0 Å². The van der Waals surface area contributed by atoms with Crippen LogP contribution in [0, 0.1) is 0 Å². The number of carbonyl (C=O) groups is 1. The summed E-state index contributed by atoms with van der Waals surface area (Å²) >= 11 is 1.60. The van der Waals surface area contributed by atoms with Crippen LogP contribution in [0.5, 0.6) is 0 Å². The number of hydrogen-bond donors (Lipinski definition) is 2. The van der Waals surface area contributed by atoms with Gasteiger partial charge >= 0.3 is 5.97 Å². The predicted octanol–water partition coefficient (Wildman–Crippen LogP) is 0.149. The summed E-state index contributed by atoms with van der Waals surface area (Å²) in [6, 6.07) is -0.683. The molecule has 3 nitrogen and oxygen atoms in total. The number of thioether (sulfide) groups is 1. The van der Waals surface area contributed by atoms with Crippen molar-refractivity contribution in [3.8, 4) is 0 Å². The normalized spacial score (nSPS) is 11.8. The summed E-state index contributed by atoms with van der Waals surface area (Å²) in [5, 5.41) is 8.27. The molecular weight excluding hydrogens is 193 g/mol. The van der Waals surface area contributed by atoms with Crippen molar-refractivity contribution in [1.29, 1.82) is 0 Å². The zero-order valence-corrected chi connectivity index (χ0v) is 7.71. The van der Waals surface area contributed by atoms with Gasteiger partial charge in [0.25, 0.3) is 0 Å². The third-order valence-electron chi connectivity index (χ3n) is 0.950. The Morgan fingerprint density at radius 2 is 2.30 bits per heavy atom. The molecule has 61 valence electrons. The molecule has 1 unspecified atom stereocenters. The van der Waals surface area contributed by atoms with Crippen LogP contribution < -0.4 is 5.73 Å². The van der Waals surface area contributed by atoms with Crippen molar-refractivity contribution in [3.63, 3.8) is 0 Å². The largest absolute Gasteiger partial charge is 0.480 e. The molecule has 0 aromatic rings. The average molecular weight is 204 g/mol. The quantitative estimate of drug-likeness (QED) is 0.640. The van der Waals surface area contributed by atoms with Gasteiger partial charge in [-0.05, 0) is 18.4 Å². The van der Waals surface area contributed by atoms with Crippen LogP contribution in [0.25, 0.3) is 0 Å². The molecule has 0 saturated carbocycles. The second kappa shape index (κ2) is 7.41. The first-order chi connectivity index (χ1) is 4.18. The van der Waals surface area contributed by atoms with Gasteiger partial charge in [0.2, 0.25) is 0 Å². The van der Waals surface area contributed by atoms with Crippen LogP contribution in [0.4, 0.5) is 0 Å². The molecule has 0 rings (SSSR count). The van der Waals surface area contributed by atoms with Crippen molar-refractivity contribution < 1.29 is 27.0 Å². The van der Waals surface area contributed by atoms with Gasteiger partial charge in [-0.3, -0.25) is 4.79 Å². The van der Waals surface area contributed by atoms with Gasteiger partial charge in [0.1, 0.15) is 6.04 Å². The summed E-state index contributed by atoms with van der Waals surface area (Å²) in [5.41, 5.74) is 5.19. The van der Waals surface area contributed by atoms with E-state index in [0.717, 1.165) is 5.75 Å². The maximum Gasteiger partial charge on any atom is 0.320 e. The van der Waals surface area contributed by atoms with Crippen molar-refractivity contribution in [2.75, 3.05) is 12.0 Å². The molecule has 5 heteroatoms. The Balaban J connectivity index is 0. The zero-order chi connectivity index (χ0) is 7.28. The van der Waals surface area contributed by atoms with Crippen molar-refractivity contribution in [3.05, 3.63) is 0 Å². The summed E-state index contributed by atoms with van der Waals surface area (Å²) in [6.45, 7) is 0. The van der Waals surface area contributed by atoms with Crippen molar-refractivity contribution >= 4 is 17.7 Å². The maximum absolute atomic E-state index is 10.1. The summed E-state index contributed by atoms with van der Waals surface area (Å²) in [6.07, 6.45) is 2.48. The summed E-state index contributed by atoms with van der Waals surface area (Å²) in [4.78, 5) is 10.1. The minimum Gasteiger partial charge on any atom is -0.480 e. The van der Waals surface area contributed by atoms with Gasteiger partial charge < -0.3 is 10.8 Å². The fourth-order valence-corrected chi connectivity index (χ4v) is 0.858. The van der Waals surface area contributed by atoms with Crippen LogP contribution in [0.3, 0.4) is 0 Å². The molecule has 0 saturated heterocycles. The Morgan fingerprint density at radius 3 is 2.60 bits per heavy atom. The van der Waals surface area contributed by atoms with E-state index in [1.54, 1.807) is 11.8 Å². The smallest absolute Gasteiger partial charge is 0.320 e. The molecule has 3 N–H and O–H groups in total. The van der Waals surface area contributed by atoms with Crippen LogP contribution in [0.15, 0.2) is 0 Å². The van der Waals surface area contributed by atoms with E-state index in [9.17, 15) is 4.79 Å². The van der Waals surface area contributed by atoms with E-state index in [2.05, 4.69) is 0 Å². The molecule has 0 fully saturated rings. The summed E-state index contributed by atoms with van der Waals surface area (Å²) in [7, 11) is 0. The molecule has 1 atom stereocenters. The van der Waals surface area contributed by atoms with Crippen LogP contribution in [0.2, 0.25) is 0 Å². The van der Waals surface area contributed by atoms with Gasteiger partial charge in [0.05, 0.1) is 0 Å². The van der Waals surface area contributed by atoms with Gasteiger partial charge in [-0.15, -0.1) is 0 Å². The first-order valence-corrected chi connectivity index (χ1v) is 4.05. The first kappa shape index (κ1) is 12.9. The number of carboxylic acid groups (broad SMARTS) is 1. The third-order valence-corrected chi connectivity index (χ3v) is 1.59. The van der Waals surface area contributed by atoms with E-state index in [1.165, 1.54) is 0 Å². The molecule has 0 aliphatic rings. The van der Waals surface area contributed by atoms with E-state index < -0.39 is 12.0 Å². The number of carboxylic acids is 1. The van der Waals surface area contributed by atoms with Crippen LogP contribution in [-0.2, 0) is 21.9 Å². The summed E-state index contributed by atoms with van der Waals surface area (Å²) < 4.78 is 0. The average Bonchev–Trinajstić information content (AvgIpc) is 1.82. The minimum absolute atomic E-state index is 0. The van der Waals surface area contributed by atoms with Gasteiger partial charge in [-0.1, -0.05) is 0 Å². The molecule has 0 aliphatic carbocycles. The maximum atomic E-state index is 10.1. The van der Waals surface area contributed by atoms with Crippen molar-refractivity contribution in [2.24, 2.45) is 5.73 Å². The Morgan fingerprint density at radius 1 is 1.80 bits per heavy atom. The molecule has 10 heavy (non-hydrogen) atoms.